The first-order valence-corrected chi connectivity index (χ1v) is 7.54. The lowest BCUT2D eigenvalue weighted by Gasteiger charge is -2.48. The second-order valence-electron chi connectivity index (χ2n) is 6.22. The van der Waals surface area contributed by atoms with Crippen molar-refractivity contribution in [3.8, 4) is 0 Å². The van der Waals surface area contributed by atoms with Crippen molar-refractivity contribution in [2.75, 3.05) is 6.54 Å². The third-order valence-electron chi connectivity index (χ3n) is 4.99. The van der Waals surface area contributed by atoms with Crippen LogP contribution in [0.25, 0.3) is 0 Å². The van der Waals surface area contributed by atoms with Gasteiger partial charge in [0.05, 0.1) is 11.2 Å². The van der Waals surface area contributed by atoms with Gasteiger partial charge in [0.25, 0.3) is 0 Å². The predicted octanol–water partition coefficient (Wildman–Crippen LogP) is 3.66. The topological polar surface area (TPSA) is 32.3 Å². The lowest BCUT2D eigenvalue weighted by Crippen LogP contribution is -2.53. The second-order valence-corrected chi connectivity index (χ2v) is 6.22. The molecule has 3 rings (SSSR count). The highest BCUT2D eigenvalue weighted by molar-refractivity contribution is 5.34. The van der Waals surface area contributed by atoms with Gasteiger partial charge in [-0.25, -0.2) is 0 Å². The Labute approximate surface area is 122 Å². The van der Waals surface area contributed by atoms with Gasteiger partial charge in [-0.05, 0) is 37.4 Å². The Morgan fingerprint density at radius 3 is 2.67 bits per heavy atom. The molecule has 1 aromatic rings. The van der Waals surface area contributed by atoms with Crippen LogP contribution in [0.3, 0.4) is 0 Å². The molecular formula is C16H20F3NO. The molecule has 0 amide bonds. The molecule has 0 spiro atoms. The minimum absolute atomic E-state index is 0.136. The molecule has 0 unspecified atom stereocenters. The lowest BCUT2D eigenvalue weighted by molar-refractivity contribution is -0.140. The van der Waals surface area contributed by atoms with Crippen molar-refractivity contribution < 1.29 is 18.3 Å². The number of piperidine rings is 1. The molecule has 116 valence electrons. The fourth-order valence-electron chi connectivity index (χ4n) is 3.98. The van der Waals surface area contributed by atoms with Crippen LogP contribution < -0.4 is 5.32 Å². The van der Waals surface area contributed by atoms with Crippen LogP contribution in [0, 0.1) is 5.92 Å². The largest absolute Gasteiger partial charge is 0.416 e. The van der Waals surface area contributed by atoms with E-state index >= 15 is 0 Å². The molecule has 0 bridgehead atoms. The summed E-state index contributed by atoms with van der Waals surface area (Å²) in [5, 5.41) is 14.0. The zero-order chi connectivity index (χ0) is 15.1. The van der Waals surface area contributed by atoms with Gasteiger partial charge in [-0.3, -0.25) is 0 Å². The van der Waals surface area contributed by atoms with Crippen molar-refractivity contribution in [1.29, 1.82) is 0 Å². The van der Waals surface area contributed by atoms with Gasteiger partial charge in [-0.15, -0.1) is 0 Å². The Kier molecular flexibility index (Phi) is 3.74. The summed E-state index contributed by atoms with van der Waals surface area (Å²) in [6, 6.07) is 5.32. The first kappa shape index (κ1) is 14.9. The second kappa shape index (κ2) is 5.29. The van der Waals surface area contributed by atoms with E-state index in [4.69, 9.17) is 0 Å². The maximum Gasteiger partial charge on any atom is 0.416 e. The van der Waals surface area contributed by atoms with Gasteiger partial charge in [-0.2, -0.15) is 13.2 Å². The van der Waals surface area contributed by atoms with Crippen LogP contribution in [-0.4, -0.2) is 17.3 Å². The number of benzene rings is 1. The van der Waals surface area contributed by atoms with Crippen LogP contribution in [0.5, 0.6) is 0 Å². The first-order valence-electron chi connectivity index (χ1n) is 7.54. The molecule has 1 saturated carbocycles. The van der Waals surface area contributed by atoms with Gasteiger partial charge >= 0.3 is 6.18 Å². The average Bonchev–Trinajstić information content (AvgIpc) is 2.45. The van der Waals surface area contributed by atoms with Crippen LogP contribution in [-0.2, 0) is 6.18 Å². The number of hydrogen-bond donors (Lipinski definition) is 2. The summed E-state index contributed by atoms with van der Waals surface area (Å²) < 4.78 is 39.7. The van der Waals surface area contributed by atoms with Crippen LogP contribution in [0.4, 0.5) is 13.2 Å². The van der Waals surface area contributed by atoms with E-state index < -0.39 is 23.4 Å². The van der Waals surface area contributed by atoms with Crippen LogP contribution >= 0.6 is 0 Å². The summed E-state index contributed by atoms with van der Waals surface area (Å²) in [6.45, 7) is 0.559. The van der Waals surface area contributed by atoms with Crippen molar-refractivity contribution in [2.24, 2.45) is 5.92 Å². The van der Waals surface area contributed by atoms with Crippen LogP contribution in [0.1, 0.15) is 49.3 Å². The average molecular weight is 299 g/mol. The Bertz CT molecular complexity index is 512. The molecule has 1 aromatic carbocycles. The van der Waals surface area contributed by atoms with Gasteiger partial charge < -0.3 is 10.4 Å². The van der Waals surface area contributed by atoms with E-state index in [-0.39, 0.29) is 11.5 Å². The molecule has 3 atom stereocenters. The summed E-state index contributed by atoms with van der Waals surface area (Å²) in [6.07, 6.45) is -0.324. The van der Waals surface area contributed by atoms with Crippen molar-refractivity contribution in [3.05, 3.63) is 35.4 Å². The SMILES string of the molecule is O[C@]12CCCC[C@H]1[C@@H](c1ccccc1C(F)(F)F)NCC2. The zero-order valence-corrected chi connectivity index (χ0v) is 11.8. The smallest absolute Gasteiger partial charge is 0.389 e. The number of aliphatic hydroxyl groups is 1. The molecule has 2 N–H and O–H groups in total. The maximum absolute atomic E-state index is 13.2. The molecule has 1 saturated heterocycles. The number of hydrogen-bond acceptors (Lipinski definition) is 2. The maximum atomic E-state index is 13.2. The molecule has 21 heavy (non-hydrogen) atoms. The minimum atomic E-state index is -4.36. The van der Waals surface area contributed by atoms with E-state index in [0.29, 0.717) is 19.4 Å². The fraction of sp³-hybridized carbons (Fsp3) is 0.625. The Morgan fingerprint density at radius 2 is 1.90 bits per heavy atom. The minimum Gasteiger partial charge on any atom is -0.389 e. The van der Waals surface area contributed by atoms with E-state index in [1.54, 1.807) is 12.1 Å². The molecule has 2 aliphatic rings. The normalized spacial score (nSPS) is 33.5. The quantitative estimate of drug-likeness (QED) is 0.829. The molecule has 0 radical (unpaired) electrons. The molecule has 1 aliphatic heterocycles. The predicted molar refractivity (Wildman–Crippen MR) is 73.7 cm³/mol. The highest BCUT2D eigenvalue weighted by Crippen LogP contribution is 2.47. The van der Waals surface area contributed by atoms with Gasteiger partial charge in [0, 0.05) is 12.0 Å². The zero-order valence-electron chi connectivity index (χ0n) is 11.8. The van der Waals surface area contributed by atoms with E-state index in [1.165, 1.54) is 6.07 Å². The number of nitrogens with one attached hydrogen (secondary N) is 1. The summed E-state index contributed by atoms with van der Waals surface area (Å²) in [7, 11) is 0. The number of halogens is 3. The lowest BCUT2D eigenvalue weighted by atomic mass is 9.66. The molecule has 1 heterocycles. The first-order chi connectivity index (χ1) is 9.92. The Hall–Kier alpha value is -1.07. The number of fused-ring (bicyclic) bond motifs is 1. The van der Waals surface area contributed by atoms with E-state index in [9.17, 15) is 18.3 Å². The van der Waals surface area contributed by atoms with E-state index in [1.807, 2.05) is 0 Å². The molecule has 2 fully saturated rings. The summed E-state index contributed by atoms with van der Waals surface area (Å²) in [4.78, 5) is 0. The number of alkyl halides is 3. The molecular weight excluding hydrogens is 279 g/mol. The third kappa shape index (κ3) is 2.69. The van der Waals surface area contributed by atoms with Crippen molar-refractivity contribution in [1.82, 2.24) is 5.32 Å². The van der Waals surface area contributed by atoms with E-state index in [2.05, 4.69) is 5.32 Å². The van der Waals surface area contributed by atoms with Crippen molar-refractivity contribution >= 4 is 0 Å². The summed E-state index contributed by atoms with van der Waals surface area (Å²) in [5.74, 6) is -0.136. The Morgan fingerprint density at radius 1 is 1.14 bits per heavy atom. The highest BCUT2D eigenvalue weighted by atomic mass is 19.4. The molecule has 0 aromatic heterocycles. The molecule has 2 nitrogen and oxygen atoms in total. The summed E-state index contributed by atoms with van der Waals surface area (Å²) in [5.41, 5.74) is -1.13. The third-order valence-corrected chi connectivity index (χ3v) is 4.99. The van der Waals surface area contributed by atoms with Gasteiger partial charge in [0.2, 0.25) is 0 Å². The van der Waals surface area contributed by atoms with E-state index in [0.717, 1.165) is 25.3 Å². The van der Waals surface area contributed by atoms with Gasteiger partial charge in [0.1, 0.15) is 0 Å². The van der Waals surface area contributed by atoms with Gasteiger partial charge in [-0.1, -0.05) is 31.0 Å². The molecule has 1 aliphatic carbocycles. The van der Waals surface area contributed by atoms with Crippen LogP contribution in [0.15, 0.2) is 24.3 Å². The summed E-state index contributed by atoms with van der Waals surface area (Å²) >= 11 is 0. The standard InChI is InChI=1S/C16H20F3NO/c17-16(18,19)12-6-2-1-5-11(12)14-13-7-3-4-8-15(13,21)9-10-20-14/h1-2,5-6,13-14,20-21H,3-4,7-10H2/t13-,14+,15-/m0/s1. The van der Waals surface area contributed by atoms with Crippen molar-refractivity contribution in [2.45, 2.75) is 49.9 Å². The number of rotatable bonds is 1. The monoisotopic (exact) mass is 299 g/mol. The molecule has 5 heteroatoms. The highest BCUT2D eigenvalue weighted by Gasteiger charge is 2.47. The van der Waals surface area contributed by atoms with Crippen LogP contribution in [0.2, 0.25) is 0 Å². The Balaban J connectivity index is 2.00. The van der Waals surface area contributed by atoms with Crippen molar-refractivity contribution in [3.63, 3.8) is 0 Å². The fourth-order valence-corrected chi connectivity index (χ4v) is 3.98. The van der Waals surface area contributed by atoms with Gasteiger partial charge in [0.15, 0.2) is 0 Å².